The van der Waals surface area contributed by atoms with Crippen LogP contribution in [0, 0.1) is 0 Å². The van der Waals surface area contributed by atoms with Crippen molar-refractivity contribution in [2.75, 3.05) is 18.4 Å². The predicted molar refractivity (Wildman–Crippen MR) is 116 cm³/mol. The van der Waals surface area contributed by atoms with Crippen LogP contribution in [0.3, 0.4) is 0 Å². The number of nitrogens with one attached hydrogen (secondary N) is 1. The maximum atomic E-state index is 11.1. The minimum Gasteiger partial charge on any atom is -0.473 e. The number of anilines is 1. The maximum absolute atomic E-state index is 11.1. The van der Waals surface area contributed by atoms with Gasteiger partial charge in [0.2, 0.25) is 5.88 Å². The van der Waals surface area contributed by atoms with Gasteiger partial charge in [0.25, 0.3) is 0 Å². The molecule has 3 aromatic rings. The van der Waals surface area contributed by atoms with Gasteiger partial charge in [-0.2, -0.15) is 0 Å². The van der Waals surface area contributed by atoms with E-state index in [0.717, 1.165) is 48.1 Å². The zero-order valence-electron chi connectivity index (χ0n) is 17.1. The van der Waals surface area contributed by atoms with Gasteiger partial charge in [0.15, 0.2) is 0 Å². The Morgan fingerprint density at radius 3 is 2.65 bits per heavy atom. The third-order valence-electron chi connectivity index (χ3n) is 6.17. The van der Waals surface area contributed by atoms with Gasteiger partial charge in [-0.1, -0.05) is 18.2 Å². The second-order valence-electron chi connectivity index (χ2n) is 8.23. The highest BCUT2D eigenvalue weighted by atomic mass is 16.5. The molecule has 1 amide bonds. The second-order valence-corrected chi connectivity index (χ2v) is 8.23. The average Bonchev–Trinajstić information content (AvgIpc) is 2.78. The van der Waals surface area contributed by atoms with Gasteiger partial charge in [0.05, 0.1) is 5.52 Å². The van der Waals surface area contributed by atoms with Crippen LogP contribution in [0.2, 0.25) is 0 Å². The third-order valence-corrected chi connectivity index (χ3v) is 6.17. The molecule has 2 aliphatic rings. The number of hydrogen-bond acceptors (Lipinski definition) is 6. The van der Waals surface area contributed by atoms with Crippen LogP contribution in [0.1, 0.15) is 37.3 Å². The molecular weight excluding hydrogens is 394 g/mol. The van der Waals surface area contributed by atoms with E-state index in [0.29, 0.717) is 25.0 Å². The Kier molecular flexibility index (Phi) is 5.28. The van der Waals surface area contributed by atoms with Gasteiger partial charge in [0, 0.05) is 55.7 Å². The first-order valence-electron chi connectivity index (χ1n) is 10.7. The molecule has 2 aromatic heterocycles. The number of piperidine rings is 1. The number of nitrogens with zero attached hydrogens (tertiary/aromatic N) is 4. The van der Waals surface area contributed by atoms with E-state index < -0.39 is 6.09 Å². The van der Waals surface area contributed by atoms with Gasteiger partial charge in [-0.3, -0.25) is 4.98 Å². The van der Waals surface area contributed by atoms with E-state index in [4.69, 9.17) is 9.84 Å². The van der Waals surface area contributed by atoms with E-state index >= 15 is 0 Å². The van der Waals surface area contributed by atoms with Crippen LogP contribution in [-0.4, -0.2) is 56.3 Å². The Morgan fingerprint density at radius 1 is 1.06 bits per heavy atom. The lowest BCUT2D eigenvalue weighted by molar-refractivity contribution is 0.0985. The Balaban J connectivity index is 1.17. The molecule has 1 saturated heterocycles. The molecule has 0 atom stereocenters. The van der Waals surface area contributed by atoms with Crippen molar-refractivity contribution in [2.24, 2.45) is 0 Å². The average molecular weight is 419 g/mol. The highest BCUT2D eigenvalue weighted by Gasteiger charge is 2.33. The van der Waals surface area contributed by atoms with E-state index in [9.17, 15) is 4.79 Å². The van der Waals surface area contributed by atoms with Gasteiger partial charge < -0.3 is 20.1 Å². The Morgan fingerprint density at radius 2 is 1.84 bits per heavy atom. The molecule has 1 aromatic carbocycles. The molecule has 1 saturated carbocycles. The largest absolute Gasteiger partial charge is 0.473 e. The zero-order valence-corrected chi connectivity index (χ0v) is 17.1. The molecule has 1 aliphatic carbocycles. The van der Waals surface area contributed by atoms with Crippen LogP contribution in [0.5, 0.6) is 5.88 Å². The monoisotopic (exact) mass is 419 g/mol. The molecular formula is C23H25N5O3. The van der Waals surface area contributed by atoms with Gasteiger partial charge >= 0.3 is 6.09 Å². The number of rotatable bonds is 5. The topological polar surface area (TPSA) is 100 Å². The molecule has 8 nitrogen and oxygen atoms in total. The number of fused-ring (bicyclic) bond motifs is 1. The number of likely N-dealkylation sites (tertiary alicyclic amines) is 1. The van der Waals surface area contributed by atoms with E-state index in [2.05, 4.69) is 32.4 Å². The summed E-state index contributed by atoms with van der Waals surface area (Å²) in [6.45, 7) is 1.04. The number of para-hydroxylation sites is 1. The predicted octanol–water partition coefficient (Wildman–Crippen LogP) is 3.90. The smallest absolute Gasteiger partial charge is 0.407 e. The van der Waals surface area contributed by atoms with Crippen molar-refractivity contribution in [3.8, 4) is 5.88 Å². The molecule has 0 bridgehead atoms. The molecule has 5 rings (SSSR count). The number of carboxylic acid groups (broad SMARTS) is 1. The van der Waals surface area contributed by atoms with Crippen LogP contribution in [0.4, 0.5) is 10.6 Å². The summed E-state index contributed by atoms with van der Waals surface area (Å²) in [7, 11) is 0. The van der Waals surface area contributed by atoms with E-state index in [-0.39, 0.29) is 12.0 Å². The lowest BCUT2D eigenvalue weighted by Crippen LogP contribution is -2.43. The van der Waals surface area contributed by atoms with Crippen LogP contribution in [0.25, 0.3) is 10.9 Å². The minimum absolute atomic E-state index is 0.0903. The van der Waals surface area contributed by atoms with Gasteiger partial charge in [-0.25, -0.2) is 14.8 Å². The van der Waals surface area contributed by atoms with Crippen LogP contribution in [-0.2, 0) is 0 Å². The summed E-state index contributed by atoms with van der Waals surface area (Å²) < 4.78 is 6.18. The first-order valence-corrected chi connectivity index (χ1v) is 10.7. The first-order chi connectivity index (χ1) is 15.2. The fourth-order valence-electron chi connectivity index (χ4n) is 4.34. The van der Waals surface area contributed by atoms with Crippen molar-refractivity contribution in [1.29, 1.82) is 0 Å². The van der Waals surface area contributed by atoms with Crippen molar-refractivity contribution in [3.63, 3.8) is 0 Å². The molecule has 3 heterocycles. The summed E-state index contributed by atoms with van der Waals surface area (Å²) in [5.74, 6) is 1.64. The van der Waals surface area contributed by atoms with Crippen LogP contribution >= 0.6 is 0 Å². The number of aromatic nitrogens is 3. The lowest BCUT2D eigenvalue weighted by Gasteiger charge is -2.36. The molecule has 0 spiro atoms. The molecule has 2 fully saturated rings. The molecule has 160 valence electrons. The Labute approximate surface area is 180 Å². The molecule has 8 heteroatoms. The number of ether oxygens (including phenoxy) is 1. The second kappa shape index (κ2) is 8.37. The molecule has 0 radical (unpaired) electrons. The van der Waals surface area contributed by atoms with Crippen molar-refractivity contribution in [2.45, 2.75) is 43.7 Å². The summed E-state index contributed by atoms with van der Waals surface area (Å²) in [5, 5.41) is 13.8. The molecule has 31 heavy (non-hydrogen) atoms. The summed E-state index contributed by atoms with van der Waals surface area (Å²) in [4.78, 5) is 26.2. The van der Waals surface area contributed by atoms with E-state index in [1.54, 1.807) is 12.4 Å². The number of carbonyl (C=O) groups is 1. The summed E-state index contributed by atoms with van der Waals surface area (Å²) in [6.07, 6.45) is 5.80. The van der Waals surface area contributed by atoms with E-state index in [1.807, 2.05) is 24.3 Å². The zero-order chi connectivity index (χ0) is 21.2. The lowest BCUT2D eigenvalue weighted by atomic mass is 9.89. The quantitative estimate of drug-likeness (QED) is 0.647. The first kappa shape index (κ1) is 19.5. The Bertz CT molecular complexity index is 1080. The van der Waals surface area contributed by atoms with Crippen LogP contribution < -0.4 is 10.1 Å². The fraction of sp³-hybridized carbons (Fsp3) is 0.391. The summed E-state index contributed by atoms with van der Waals surface area (Å²) in [5.41, 5.74) is 1.83. The summed E-state index contributed by atoms with van der Waals surface area (Å²) in [6, 6.07) is 12.5. The standard InChI is InChI=1S/C23H25N5O3/c29-23(30)28-11-7-16(8-12-28)21-22(25-10-9-24-21)31-18-13-17(14-18)26-20-6-5-15-3-1-2-4-19(15)27-20/h1-6,9-10,16-18H,7-8,11-14H2,(H,26,27)(H,29,30)/t17-,18-. The summed E-state index contributed by atoms with van der Waals surface area (Å²) >= 11 is 0. The third kappa shape index (κ3) is 4.23. The number of benzene rings is 1. The molecule has 1 aliphatic heterocycles. The highest BCUT2D eigenvalue weighted by molar-refractivity contribution is 5.80. The SMILES string of the molecule is O=C(O)N1CCC(c2nccnc2O[C@H]2C[C@H](Nc3ccc4ccccc4n3)C2)CC1. The van der Waals surface area contributed by atoms with Crippen LogP contribution in [0.15, 0.2) is 48.8 Å². The van der Waals surface area contributed by atoms with Crippen molar-refractivity contribution < 1.29 is 14.6 Å². The normalized spacial score (nSPS) is 21.5. The highest BCUT2D eigenvalue weighted by Crippen LogP contribution is 2.34. The van der Waals surface area contributed by atoms with Gasteiger partial charge in [-0.15, -0.1) is 0 Å². The minimum atomic E-state index is -0.858. The molecule has 0 unspecified atom stereocenters. The maximum Gasteiger partial charge on any atom is 0.407 e. The van der Waals surface area contributed by atoms with Crippen molar-refractivity contribution in [1.82, 2.24) is 19.9 Å². The fourth-order valence-corrected chi connectivity index (χ4v) is 4.34. The Hall–Kier alpha value is -3.42. The number of amides is 1. The van der Waals surface area contributed by atoms with E-state index in [1.165, 1.54) is 4.90 Å². The molecule has 2 N–H and O–H groups in total. The van der Waals surface area contributed by atoms with Gasteiger partial charge in [-0.05, 0) is 31.0 Å². The number of hydrogen-bond donors (Lipinski definition) is 2. The number of pyridine rings is 1. The van der Waals surface area contributed by atoms with Gasteiger partial charge in [0.1, 0.15) is 17.6 Å². The van der Waals surface area contributed by atoms with Crippen molar-refractivity contribution in [3.05, 3.63) is 54.5 Å². The van der Waals surface area contributed by atoms with Crippen molar-refractivity contribution >= 4 is 22.8 Å².